The fraction of sp³-hybridized carbons (Fsp3) is 0.333. The second kappa shape index (κ2) is 4.38. The predicted molar refractivity (Wildman–Crippen MR) is 54.4 cm³/mol. The minimum atomic E-state index is -0.195. The highest BCUT2D eigenvalue weighted by Gasteiger charge is 2.10. The van der Waals surface area contributed by atoms with Gasteiger partial charge in [0.15, 0.2) is 0 Å². The molecule has 2 heteroatoms. The second-order valence-corrected chi connectivity index (χ2v) is 3.46. The van der Waals surface area contributed by atoms with Crippen LogP contribution >= 0.6 is 0 Å². The topological polar surface area (TPSA) is 9.23 Å². The molecule has 1 heterocycles. The molecule has 0 amide bonds. The number of halogens is 1. The van der Waals surface area contributed by atoms with Crippen molar-refractivity contribution in [2.45, 2.75) is 18.9 Å². The summed E-state index contributed by atoms with van der Waals surface area (Å²) in [6.45, 7) is 0.860. The quantitative estimate of drug-likeness (QED) is 0.699. The maximum Gasteiger partial charge on any atom is 0.123 e. The Labute approximate surface area is 83.2 Å². The van der Waals surface area contributed by atoms with Gasteiger partial charge in [0.25, 0.3) is 0 Å². The Kier molecular flexibility index (Phi) is 2.94. The Morgan fingerprint density at radius 2 is 2.07 bits per heavy atom. The smallest absolute Gasteiger partial charge is 0.123 e. The van der Waals surface area contributed by atoms with E-state index in [9.17, 15) is 4.39 Å². The van der Waals surface area contributed by atoms with E-state index in [1.165, 1.54) is 12.1 Å². The molecule has 0 N–H and O–H groups in total. The molecule has 1 aliphatic heterocycles. The summed E-state index contributed by atoms with van der Waals surface area (Å²) in [5.74, 6) is -0.195. The molecule has 2 rings (SSSR count). The van der Waals surface area contributed by atoms with Crippen LogP contribution in [0.3, 0.4) is 0 Å². The number of rotatable bonds is 2. The Bertz CT molecular complexity index is 310. The first-order valence-corrected chi connectivity index (χ1v) is 4.90. The van der Waals surface area contributed by atoms with Gasteiger partial charge >= 0.3 is 0 Å². The molecule has 1 aromatic rings. The van der Waals surface area contributed by atoms with Gasteiger partial charge in [-0.15, -0.1) is 0 Å². The lowest BCUT2D eigenvalue weighted by Gasteiger charge is -2.01. The first kappa shape index (κ1) is 9.41. The Morgan fingerprint density at radius 3 is 2.71 bits per heavy atom. The zero-order chi connectivity index (χ0) is 9.80. The van der Waals surface area contributed by atoms with E-state index in [4.69, 9.17) is 4.74 Å². The van der Waals surface area contributed by atoms with Crippen molar-refractivity contribution in [2.24, 2.45) is 0 Å². The monoisotopic (exact) mass is 192 g/mol. The van der Waals surface area contributed by atoms with Crippen molar-refractivity contribution in [1.29, 1.82) is 0 Å². The van der Waals surface area contributed by atoms with Crippen molar-refractivity contribution in [3.63, 3.8) is 0 Å². The van der Waals surface area contributed by atoms with E-state index in [0.29, 0.717) is 0 Å². The van der Waals surface area contributed by atoms with Crippen LogP contribution in [-0.4, -0.2) is 12.7 Å². The van der Waals surface area contributed by atoms with Crippen molar-refractivity contribution in [3.8, 4) is 0 Å². The van der Waals surface area contributed by atoms with Gasteiger partial charge in [-0.1, -0.05) is 24.3 Å². The normalized spacial score (nSPS) is 21.9. The molecule has 0 saturated carbocycles. The van der Waals surface area contributed by atoms with E-state index < -0.39 is 0 Å². The summed E-state index contributed by atoms with van der Waals surface area (Å²) in [5.41, 5.74) is 1.02. The van der Waals surface area contributed by atoms with E-state index in [-0.39, 0.29) is 11.9 Å². The maximum atomic E-state index is 12.6. The van der Waals surface area contributed by atoms with Gasteiger partial charge in [0.05, 0.1) is 6.10 Å². The molecular weight excluding hydrogens is 179 g/mol. The van der Waals surface area contributed by atoms with Crippen molar-refractivity contribution in [1.82, 2.24) is 0 Å². The minimum Gasteiger partial charge on any atom is -0.374 e. The van der Waals surface area contributed by atoms with Gasteiger partial charge in [-0.2, -0.15) is 0 Å². The van der Waals surface area contributed by atoms with E-state index in [2.05, 4.69) is 0 Å². The number of hydrogen-bond acceptors (Lipinski definition) is 1. The first-order chi connectivity index (χ1) is 6.84. The number of benzene rings is 1. The molecule has 1 fully saturated rings. The van der Waals surface area contributed by atoms with E-state index in [0.717, 1.165) is 25.0 Å². The lowest BCUT2D eigenvalue weighted by molar-refractivity contribution is 0.146. The van der Waals surface area contributed by atoms with Crippen LogP contribution in [0.5, 0.6) is 0 Å². The van der Waals surface area contributed by atoms with Crippen molar-refractivity contribution >= 4 is 6.08 Å². The van der Waals surface area contributed by atoms with Gasteiger partial charge in [-0.3, -0.25) is 0 Å². The van der Waals surface area contributed by atoms with Gasteiger partial charge in [-0.25, -0.2) is 4.39 Å². The molecule has 0 aromatic heterocycles. The molecule has 74 valence electrons. The van der Waals surface area contributed by atoms with E-state index in [1.807, 2.05) is 12.2 Å². The molecule has 0 aliphatic carbocycles. The standard InChI is InChI=1S/C12H13FO/c13-11-6-3-10(4-7-11)5-8-12-2-1-9-14-12/h3-8,12H,1-2,9H2. The van der Waals surface area contributed by atoms with Crippen molar-refractivity contribution in [3.05, 3.63) is 41.7 Å². The summed E-state index contributed by atoms with van der Waals surface area (Å²) in [6, 6.07) is 6.46. The summed E-state index contributed by atoms with van der Waals surface area (Å²) >= 11 is 0. The molecule has 0 spiro atoms. The predicted octanol–water partition coefficient (Wildman–Crippen LogP) is 3.02. The summed E-state index contributed by atoms with van der Waals surface area (Å²) < 4.78 is 18.0. The maximum absolute atomic E-state index is 12.6. The Morgan fingerprint density at radius 1 is 1.29 bits per heavy atom. The number of ether oxygens (including phenoxy) is 1. The highest BCUT2D eigenvalue weighted by atomic mass is 19.1. The summed E-state index contributed by atoms with van der Waals surface area (Å²) in [4.78, 5) is 0. The molecular formula is C12H13FO. The van der Waals surface area contributed by atoms with Crippen LogP contribution in [0.15, 0.2) is 30.3 Å². The highest BCUT2D eigenvalue weighted by molar-refractivity contribution is 5.49. The summed E-state index contributed by atoms with van der Waals surface area (Å²) in [7, 11) is 0. The lowest BCUT2D eigenvalue weighted by Crippen LogP contribution is -1.98. The lowest BCUT2D eigenvalue weighted by atomic mass is 10.1. The van der Waals surface area contributed by atoms with Crippen LogP contribution in [0.2, 0.25) is 0 Å². The highest BCUT2D eigenvalue weighted by Crippen LogP contribution is 2.14. The first-order valence-electron chi connectivity index (χ1n) is 4.90. The van der Waals surface area contributed by atoms with Crippen LogP contribution in [0.1, 0.15) is 18.4 Å². The van der Waals surface area contributed by atoms with Gasteiger partial charge in [0, 0.05) is 6.61 Å². The second-order valence-electron chi connectivity index (χ2n) is 3.46. The fourth-order valence-corrected chi connectivity index (χ4v) is 1.55. The largest absolute Gasteiger partial charge is 0.374 e. The molecule has 1 aromatic carbocycles. The third-order valence-corrected chi connectivity index (χ3v) is 2.34. The van der Waals surface area contributed by atoms with Crippen LogP contribution in [-0.2, 0) is 4.74 Å². The molecule has 1 nitrogen and oxygen atoms in total. The fourth-order valence-electron chi connectivity index (χ4n) is 1.55. The molecule has 0 bridgehead atoms. The van der Waals surface area contributed by atoms with Gasteiger partial charge < -0.3 is 4.74 Å². The van der Waals surface area contributed by atoms with Crippen LogP contribution < -0.4 is 0 Å². The van der Waals surface area contributed by atoms with Gasteiger partial charge in [0.1, 0.15) is 5.82 Å². The molecule has 1 aliphatic rings. The summed E-state index contributed by atoms with van der Waals surface area (Å²) in [6.07, 6.45) is 6.51. The Hall–Kier alpha value is -1.15. The van der Waals surface area contributed by atoms with Crippen molar-refractivity contribution in [2.75, 3.05) is 6.61 Å². The van der Waals surface area contributed by atoms with Crippen molar-refractivity contribution < 1.29 is 9.13 Å². The van der Waals surface area contributed by atoms with Crippen LogP contribution in [0.4, 0.5) is 4.39 Å². The SMILES string of the molecule is Fc1ccc(C=CC2CCCO2)cc1. The molecule has 0 radical (unpaired) electrons. The van der Waals surface area contributed by atoms with Gasteiger partial charge in [0.2, 0.25) is 0 Å². The zero-order valence-corrected chi connectivity index (χ0v) is 7.95. The van der Waals surface area contributed by atoms with Gasteiger partial charge in [-0.05, 0) is 30.5 Å². The molecule has 14 heavy (non-hydrogen) atoms. The third-order valence-electron chi connectivity index (χ3n) is 2.34. The van der Waals surface area contributed by atoms with Crippen LogP contribution in [0.25, 0.3) is 6.08 Å². The Balaban J connectivity index is 1.99. The summed E-state index contributed by atoms with van der Waals surface area (Å²) in [5, 5.41) is 0. The average Bonchev–Trinajstić information content (AvgIpc) is 2.70. The number of hydrogen-bond donors (Lipinski definition) is 0. The van der Waals surface area contributed by atoms with E-state index >= 15 is 0 Å². The molecule has 1 unspecified atom stereocenters. The molecule has 1 atom stereocenters. The third kappa shape index (κ3) is 2.42. The average molecular weight is 192 g/mol. The van der Waals surface area contributed by atoms with E-state index in [1.54, 1.807) is 12.1 Å². The molecule has 1 saturated heterocycles. The van der Waals surface area contributed by atoms with Crippen LogP contribution in [0, 0.1) is 5.82 Å². The minimum absolute atomic E-state index is 0.195. The zero-order valence-electron chi connectivity index (χ0n) is 7.95.